The largest absolute Gasteiger partial charge is 0.464 e. The maximum Gasteiger partial charge on any atom is 0.356 e. The zero-order valence-electron chi connectivity index (χ0n) is 11.1. The lowest BCUT2D eigenvalue weighted by molar-refractivity contribution is 0.0594. The summed E-state index contributed by atoms with van der Waals surface area (Å²) in [6.45, 7) is 0. The monoisotopic (exact) mass is 302 g/mol. The van der Waals surface area contributed by atoms with Gasteiger partial charge in [0.2, 0.25) is 0 Å². The number of ether oxygens (including phenoxy) is 1. The Morgan fingerprint density at radius 2 is 2.19 bits per heavy atom. The number of carbonyl (C=O) groups is 1. The standard InChI is InChI=1S/C14H11ClN4O2/c1-21-14(20)11-5-4-10(17)13(18-11)19-12-6-9(15)3-2-8(12)7-16/h2-6H,17H2,1H3,(H,18,19). The van der Waals surface area contributed by atoms with Gasteiger partial charge in [0, 0.05) is 5.02 Å². The van der Waals surface area contributed by atoms with Gasteiger partial charge in [-0.05, 0) is 30.3 Å². The van der Waals surface area contributed by atoms with Crippen LogP contribution < -0.4 is 11.1 Å². The number of esters is 1. The van der Waals surface area contributed by atoms with Gasteiger partial charge in [-0.2, -0.15) is 5.26 Å². The van der Waals surface area contributed by atoms with Gasteiger partial charge in [0.1, 0.15) is 6.07 Å². The van der Waals surface area contributed by atoms with Gasteiger partial charge in [-0.3, -0.25) is 0 Å². The van der Waals surface area contributed by atoms with Crippen LogP contribution in [0.5, 0.6) is 0 Å². The lowest BCUT2D eigenvalue weighted by Gasteiger charge is -2.11. The number of nitrogens with zero attached hydrogens (tertiary/aromatic N) is 2. The second-order valence-electron chi connectivity index (χ2n) is 4.05. The first kappa shape index (κ1) is 14.6. The van der Waals surface area contributed by atoms with Gasteiger partial charge in [0.05, 0.1) is 24.0 Å². The number of aromatic nitrogens is 1. The Balaban J connectivity index is 2.42. The fourth-order valence-corrected chi connectivity index (χ4v) is 1.81. The number of nitrogens with one attached hydrogen (secondary N) is 1. The summed E-state index contributed by atoms with van der Waals surface area (Å²) < 4.78 is 4.60. The highest BCUT2D eigenvalue weighted by molar-refractivity contribution is 6.30. The molecule has 0 fully saturated rings. The van der Waals surface area contributed by atoms with E-state index in [0.29, 0.717) is 22.0 Å². The summed E-state index contributed by atoms with van der Waals surface area (Å²) in [6, 6.07) is 9.76. The maximum atomic E-state index is 11.5. The average molecular weight is 303 g/mol. The number of halogens is 1. The van der Waals surface area contributed by atoms with Crippen molar-refractivity contribution >= 4 is 34.8 Å². The number of benzene rings is 1. The third kappa shape index (κ3) is 3.22. The summed E-state index contributed by atoms with van der Waals surface area (Å²) in [6.07, 6.45) is 0. The van der Waals surface area contributed by atoms with Crippen molar-refractivity contribution in [1.82, 2.24) is 4.98 Å². The van der Waals surface area contributed by atoms with E-state index in [1.54, 1.807) is 18.2 Å². The SMILES string of the molecule is COC(=O)c1ccc(N)c(Nc2cc(Cl)ccc2C#N)n1. The minimum Gasteiger partial charge on any atom is -0.464 e. The summed E-state index contributed by atoms with van der Waals surface area (Å²) in [5.41, 5.74) is 7.08. The van der Waals surface area contributed by atoms with E-state index in [0.717, 1.165) is 0 Å². The zero-order chi connectivity index (χ0) is 15.4. The van der Waals surface area contributed by atoms with Crippen molar-refractivity contribution in [1.29, 1.82) is 5.26 Å². The van der Waals surface area contributed by atoms with E-state index in [1.165, 1.54) is 19.2 Å². The van der Waals surface area contributed by atoms with Crippen LogP contribution in [-0.4, -0.2) is 18.1 Å². The molecule has 0 aliphatic heterocycles. The van der Waals surface area contributed by atoms with E-state index < -0.39 is 5.97 Å². The molecule has 2 aromatic rings. The van der Waals surface area contributed by atoms with Crippen LogP contribution in [0.2, 0.25) is 5.02 Å². The van der Waals surface area contributed by atoms with Crippen molar-refractivity contribution in [2.75, 3.05) is 18.2 Å². The summed E-state index contributed by atoms with van der Waals surface area (Å²) in [5, 5.41) is 12.4. The van der Waals surface area contributed by atoms with Crippen LogP contribution in [0.25, 0.3) is 0 Å². The predicted octanol–water partition coefficient (Wildman–Crippen LogP) is 2.72. The number of nitrogen functional groups attached to an aromatic ring is 1. The van der Waals surface area contributed by atoms with Crippen molar-refractivity contribution in [3.63, 3.8) is 0 Å². The van der Waals surface area contributed by atoms with Crippen molar-refractivity contribution in [3.05, 3.63) is 46.6 Å². The van der Waals surface area contributed by atoms with Gasteiger partial charge in [0.15, 0.2) is 11.5 Å². The Labute approximate surface area is 126 Å². The van der Waals surface area contributed by atoms with Crippen LogP contribution in [0.1, 0.15) is 16.1 Å². The molecule has 3 N–H and O–H groups in total. The Bertz CT molecular complexity index is 740. The number of anilines is 3. The number of nitriles is 1. The maximum absolute atomic E-state index is 11.5. The lowest BCUT2D eigenvalue weighted by Crippen LogP contribution is -2.08. The topological polar surface area (TPSA) is 101 Å². The minimum absolute atomic E-state index is 0.106. The molecule has 7 heteroatoms. The van der Waals surface area contributed by atoms with Gasteiger partial charge >= 0.3 is 5.97 Å². The van der Waals surface area contributed by atoms with Crippen molar-refractivity contribution in [3.8, 4) is 6.07 Å². The molecule has 0 amide bonds. The molecule has 0 radical (unpaired) electrons. The van der Waals surface area contributed by atoms with Crippen molar-refractivity contribution < 1.29 is 9.53 Å². The van der Waals surface area contributed by atoms with E-state index in [-0.39, 0.29) is 11.5 Å². The van der Waals surface area contributed by atoms with Gasteiger partial charge in [0.25, 0.3) is 0 Å². The first-order chi connectivity index (χ1) is 10.0. The Hall–Kier alpha value is -2.78. The number of rotatable bonds is 3. The van der Waals surface area contributed by atoms with Gasteiger partial charge in [-0.1, -0.05) is 11.6 Å². The van der Waals surface area contributed by atoms with Crippen molar-refractivity contribution in [2.24, 2.45) is 0 Å². The fourth-order valence-electron chi connectivity index (χ4n) is 1.63. The molecule has 2 rings (SSSR count). The highest BCUT2D eigenvalue weighted by Gasteiger charge is 2.12. The van der Waals surface area contributed by atoms with Crippen LogP contribution in [0.4, 0.5) is 17.2 Å². The lowest BCUT2D eigenvalue weighted by atomic mass is 10.2. The molecule has 1 heterocycles. The second kappa shape index (κ2) is 6.11. The zero-order valence-corrected chi connectivity index (χ0v) is 11.8. The van der Waals surface area contributed by atoms with Gasteiger partial charge < -0.3 is 15.8 Å². The third-order valence-corrected chi connectivity index (χ3v) is 2.91. The number of nitrogens with two attached hydrogens (primary N) is 1. The molecule has 0 spiro atoms. The molecular formula is C14H11ClN4O2. The average Bonchev–Trinajstić information content (AvgIpc) is 2.49. The second-order valence-corrected chi connectivity index (χ2v) is 4.49. The molecular weight excluding hydrogens is 292 g/mol. The Morgan fingerprint density at radius 1 is 1.43 bits per heavy atom. The Kier molecular flexibility index (Phi) is 4.26. The molecule has 21 heavy (non-hydrogen) atoms. The molecule has 1 aromatic heterocycles. The molecule has 0 aliphatic rings. The first-order valence-electron chi connectivity index (χ1n) is 5.86. The van der Waals surface area contributed by atoms with Crippen molar-refractivity contribution in [2.45, 2.75) is 0 Å². The van der Waals surface area contributed by atoms with Crippen LogP contribution in [-0.2, 0) is 4.74 Å². The third-order valence-electron chi connectivity index (χ3n) is 2.68. The summed E-state index contributed by atoms with van der Waals surface area (Å²) in [7, 11) is 1.26. The molecule has 0 saturated carbocycles. The highest BCUT2D eigenvalue weighted by Crippen LogP contribution is 2.26. The number of methoxy groups -OCH3 is 1. The molecule has 0 atom stereocenters. The molecule has 106 valence electrons. The quantitative estimate of drug-likeness (QED) is 0.845. The number of hydrogen-bond donors (Lipinski definition) is 2. The molecule has 1 aromatic carbocycles. The Morgan fingerprint density at radius 3 is 2.86 bits per heavy atom. The van der Waals surface area contributed by atoms with E-state index >= 15 is 0 Å². The van der Waals surface area contributed by atoms with Crippen LogP contribution in [0.3, 0.4) is 0 Å². The summed E-state index contributed by atoms with van der Waals surface area (Å²) in [5.74, 6) is -0.332. The molecule has 0 unspecified atom stereocenters. The molecule has 6 nitrogen and oxygen atoms in total. The predicted molar refractivity (Wildman–Crippen MR) is 79.4 cm³/mol. The first-order valence-corrected chi connectivity index (χ1v) is 6.24. The normalized spacial score (nSPS) is 9.76. The van der Waals surface area contributed by atoms with Crippen LogP contribution in [0.15, 0.2) is 30.3 Å². The molecule has 0 bridgehead atoms. The van der Waals surface area contributed by atoms with Gasteiger partial charge in [-0.25, -0.2) is 9.78 Å². The smallest absolute Gasteiger partial charge is 0.356 e. The van der Waals surface area contributed by atoms with E-state index in [9.17, 15) is 4.79 Å². The van der Waals surface area contributed by atoms with Crippen LogP contribution in [0, 0.1) is 11.3 Å². The minimum atomic E-state index is -0.579. The van der Waals surface area contributed by atoms with E-state index in [1.807, 2.05) is 6.07 Å². The fraction of sp³-hybridized carbons (Fsp3) is 0.0714. The van der Waals surface area contributed by atoms with Gasteiger partial charge in [-0.15, -0.1) is 0 Å². The molecule has 0 saturated heterocycles. The number of hydrogen-bond acceptors (Lipinski definition) is 6. The van der Waals surface area contributed by atoms with Crippen LogP contribution >= 0.6 is 11.6 Å². The molecule has 0 aliphatic carbocycles. The summed E-state index contributed by atoms with van der Waals surface area (Å²) in [4.78, 5) is 15.6. The van der Waals surface area contributed by atoms with E-state index in [4.69, 9.17) is 22.6 Å². The number of pyridine rings is 1. The highest BCUT2D eigenvalue weighted by atomic mass is 35.5. The summed E-state index contributed by atoms with van der Waals surface area (Å²) >= 11 is 5.91. The van der Waals surface area contributed by atoms with E-state index in [2.05, 4.69) is 15.0 Å². The number of carbonyl (C=O) groups excluding carboxylic acids is 1.